The zero-order chi connectivity index (χ0) is 15.1. The zero-order valence-electron chi connectivity index (χ0n) is 11.4. The maximum absolute atomic E-state index is 11.6. The summed E-state index contributed by atoms with van der Waals surface area (Å²) < 4.78 is 9.85. The quantitative estimate of drug-likeness (QED) is 0.657. The molecule has 6 heteroatoms. The Morgan fingerprint density at radius 1 is 1.00 bits per heavy atom. The van der Waals surface area contributed by atoms with E-state index in [-0.39, 0.29) is 0 Å². The van der Waals surface area contributed by atoms with Gasteiger partial charge >= 0.3 is 11.9 Å². The summed E-state index contributed by atoms with van der Waals surface area (Å²) in [4.78, 5) is 34.4. The van der Waals surface area contributed by atoms with Gasteiger partial charge in [-0.25, -0.2) is 9.59 Å². The van der Waals surface area contributed by atoms with Gasteiger partial charge in [-0.15, -0.1) is 0 Å². The molecule has 0 aromatic heterocycles. The molecule has 0 aromatic rings. The Kier molecular flexibility index (Phi) is 6.11. The van der Waals surface area contributed by atoms with E-state index in [1.807, 2.05) is 0 Å². The molecule has 1 heterocycles. The smallest absolute Gasteiger partial charge is 0.331 e. The number of hydrogen-bond acceptors (Lipinski definition) is 6. The lowest BCUT2D eigenvalue weighted by Gasteiger charge is -2.14. The van der Waals surface area contributed by atoms with Gasteiger partial charge in [-0.3, -0.25) is 4.79 Å². The number of carbonyl (C=O) groups is 3. The van der Waals surface area contributed by atoms with Crippen molar-refractivity contribution in [3.05, 3.63) is 24.3 Å². The van der Waals surface area contributed by atoms with Crippen LogP contribution in [0.15, 0.2) is 24.3 Å². The van der Waals surface area contributed by atoms with Crippen molar-refractivity contribution < 1.29 is 29.0 Å². The maximum Gasteiger partial charge on any atom is 0.331 e. The molecule has 0 saturated heterocycles. The van der Waals surface area contributed by atoms with Crippen molar-refractivity contribution in [1.29, 1.82) is 0 Å². The molecule has 0 bridgehead atoms. The third-order valence-corrected chi connectivity index (χ3v) is 2.72. The van der Waals surface area contributed by atoms with Crippen molar-refractivity contribution in [1.82, 2.24) is 0 Å². The number of hydrogen-bond donors (Lipinski definition) is 1. The molecule has 6 nitrogen and oxygen atoms in total. The number of carbonyl (C=O) groups excluding carboxylic acids is 3. The van der Waals surface area contributed by atoms with E-state index in [9.17, 15) is 19.5 Å². The molecular weight excluding hydrogens is 264 g/mol. The molecule has 1 N–H and O–H groups in total. The van der Waals surface area contributed by atoms with E-state index in [0.29, 0.717) is 12.8 Å². The Morgan fingerprint density at radius 3 is 2.35 bits per heavy atom. The van der Waals surface area contributed by atoms with Gasteiger partial charge in [-0.2, -0.15) is 0 Å². The molecule has 0 unspecified atom stereocenters. The third kappa shape index (κ3) is 5.79. The summed E-state index contributed by atoms with van der Waals surface area (Å²) >= 11 is 0. The number of aliphatic hydroxyl groups excluding tert-OH is 1. The molecule has 0 spiro atoms. The molecule has 0 fully saturated rings. The summed E-state index contributed by atoms with van der Waals surface area (Å²) in [6.07, 6.45) is 2.94. The summed E-state index contributed by atoms with van der Waals surface area (Å²) in [6.45, 7) is 3.08. The second-order valence-electron chi connectivity index (χ2n) is 4.57. The van der Waals surface area contributed by atoms with Gasteiger partial charge < -0.3 is 14.6 Å². The number of ether oxygens (including phenoxy) is 2. The van der Waals surface area contributed by atoms with Gasteiger partial charge in [0.1, 0.15) is 0 Å². The SMILES string of the molecule is C[C@@H]1CC[C@@H](O)/C=C/C(=O)O[C@H](C)C(=O)/C=C/C(=O)O1. The molecule has 1 aliphatic heterocycles. The highest BCUT2D eigenvalue weighted by molar-refractivity contribution is 5.99. The lowest BCUT2D eigenvalue weighted by Crippen LogP contribution is -2.23. The van der Waals surface area contributed by atoms with Gasteiger partial charge in [0.2, 0.25) is 0 Å². The summed E-state index contributed by atoms with van der Waals surface area (Å²) in [6, 6.07) is 0. The largest absolute Gasteiger partial charge is 0.460 e. The monoisotopic (exact) mass is 282 g/mol. The predicted octanol–water partition coefficient (Wildman–Crippen LogP) is 0.686. The van der Waals surface area contributed by atoms with Gasteiger partial charge in [0.05, 0.1) is 12.2 Å². The minimum Gasteiger partial charge on any atom is -0.460 e. The number of rotatable bonds is 0. The molecule has 1 aliphatic rings. The van der Waals surface area contributed by atoms with Gasteiger partial charge in [0.25, 0.3) is 0 Å². The van der Waals surface area contributed by atoms with Crippen molar-refractivity contribution in [2.24, 2.45) is 0 Å². The van der Waals surface area contributed by atoms with E-state index in [2.05, 4.69) is 0 Å². The minimum absolute atomic E-state index is 0.344. The van der Waals surface area contributed by atoms with Crippen molar-refractivity contribution in [3.63, 3.8) is 0 Å². The zero-order valence-corrected chi connectivity index (χ0v) is 11.4. The number of aliphatic hydroxyl groups is 1. The van der Waals surface area contributed by atoms with E-state index < -0.39 is 36.0 Å². The van der Waals surface area contributed by atoms with Gasteiger partial charge in [-0.05, 0) is 38.8 Å². The Hall–Kier alpha value is -1.95. The fourth-order valence-corrected chi connectivity index (χ4v) is 1.55. The van der Waals surface area contributed by atoms with Crippen molar-refractivity contribution in [2.75, 3.05) is 0 Å². The second kappa shape index (κ2) is 7.59. The fourth-order valence-electron chi connectivity index (χ4n) is 1.55. The summed E-state index contributed by atoms with van der Waals surface area (Å²) in [5, 5.41) is 9.62. The van der Waals surface area contributed by atoms with Crippen LogP contribution in [0.2, 0.25) is 0 Å². The van der Waals surface area contributed by atoms with Gasteiger partial charge in [0, 0.05) is 12.2 Å². The summed E-state index contributed by atoms with van der Waals surface area (Å²) in [7, 11) is 0. The van der Waals surface area contributed by atoms with Crippen LogP contribution >= 0.6 is 0 Å². The van der Waals surface area contributed by atoms with E-state index in [1.165, 1.54) is 13.0 Å². The van der Waals surface area contributed by atoms with Crippen LogP contribution in [0.5, 0.6) is 0 Å². The highest BCUT2D eigenvalue weighted by atomic mass is 16.5. The van der Waals surface area contributed by atoms with Crippen LogP contribution in [-0.2, 0) is 23.9 Å². The first-order chi connectivity index (χ1) is 9.38. The highest BCUT2D eigenvalue weighted by Crippen LogP contribution is 2.08. The van der Waals surface area contributed by atoms with Crippen LogP contribution in [-0.4, -0.2) is 41.1 Å². The Balaban J connectivity index is 2.82. The van der Waals surface area contributed by atoms with Crippen molar-refractivity contribution in [3.8, 4) is 0 Å². The lowest BCUT2D eigenvalue weighted by atomic mass is 10.1. The topological polar surface area (TPSA) is 89.9 Å². The molecule has 110 valence electrons. The fraction of sp³-hybridized carbons (Fsp3) is 0.500. The van der Waals surface area contributed by atoms with Crippen LogP contribution < -0.4 is 0 Å². The first kappa shape index (κ1) is 16.1. The van der Waals surface area contributed by atoms with E-state index in [0.717, 1.165) is 18.2 Å². The molecule has 20 heavy (non-hydrogen) atoms. The minimum atomic E-state index is -1.01. The third-order valence-electron chi connectivity index (χ3n) is 2.72. The first-order valence-corrected chi connectivity index (χ1v) is 6.38. The number of cyclic esters (lactones) is 2. The molecule has 0 aliphatic carbocycles. The van der Waals surface area contributed by atoms with Crippen LogP contribution in [0.1, 0.15) is 26.7 Å². The van der Waals surface area contributed by atoms with Gasteiger partial charge in [0.15, 0.2) is 11.9 Å². The second-order valence-corrected chi connectivity index (χ2v) is 4.57. The van der Waals surface area contributed by atoms with Gasteiger partial charge in [-0.1, -0.05) is 0 Å². The maximum atomic E-state index is 11.6. The van der Waals surface area contributed by atoms with Crippen LogP contribution in [0.4, 0.5) is 0 Å². The predicted molar refractivity (Wildman–Crippen MR) is 69.6 cm³/mol. The highest BCUT2D eigenvalue weighted by Gasteiger charge is 2.16. The first-order valence-electron chi connectivity index (χ1n) is 6.38. The van der Waals surface area contributed by atoms with E-state index >= 15 is 0 Å². The Morgan fingerprint density at radius 2 is 1.65 bits per heavy atom. The lowest BCUT2D eigenvalue weighted by molar-refractivity contribution is -0.147. The normalized spacial score (nSPS) is 32.8. The average Bonchev–Trinajstić information content (AvgIpc) is 2.39. The molecule has 3 atom stereocenters. The summed E-state index contributed by atoms with van der Waals surface area (Å²) in [5.74, 6) is -1.88. The molecular formula is C14H18O6. The van der Waals surface area contributed by atoms with E-state index in [4.69, 9.17) is 9.47 Å². The van der Waals surface area contributed by atoms with Crippen molar-refractivity contribution in [2.45, 2.75) is 45.0 Å². The van der Waals surface area contributed by atoms with E-state index in [1.54, 1.807) is 6.92 Å². The van der Waals surface area contributed by atoms with Crippen molar-refractivity contribution >= 4 is 17.7 Å². The number of esters is 2. The van der Waals surface area contributed by atoms with Crippen LogP contribution in [0.25, 0.3) is 0 Å². The molecule has 0 aromatic carbocycles. The molecule has 0 saturated carbocycles. The summed E-state index contributed by atoms with van der Waals surface area (Å²) in [5.41, 5.74) is 0. The molecule has 1 rings (SSSR count). The standard InChI is InChI=1S/C14H18O6/c1-9-3-4-11(15)5-7-14(18)20-10(2)12(16)6-8-13(17)19-9/h5-11,15H,3-4H2,1-2H3/b7-5+,8-6+/t9-,10-,11-/m1/s1. The molecule has 0 radical (unpaired) electrons. The van der Waals surface area contributed by atoms with Crippen LogP contribution in [0, 0.1) is 0 Å². The van der Waals surface area contributed by atoms with Crippen LogP contribution in [0.3, 0.4) is 0 Å². The average molecular weight is 282 g/mol. The number of ketones is 1. The Bertz CT molecular complexity index is 437. The molecule has 0 amide bonds. The Labute approximate surface area is 117 Å².